The number of nitrogens with zero attached hydrogens (tertiary/aromatic N) is 2. The van der Waals surface area contributed by atoms with Gasteiger partial charge in [-0.05, 0) is 29.8 Å². The predicted octanol–water partition coefficient (Wildman–Crippen LogP) is 4.97. The van der Waals surface area contributed by atoms with Crippen LogP contribution in [0.25, 0.3) is 6.08 Å². The van der Waals surface area contributed by atoms with Crippen molar-refractivity contribution in [1.29, 1.82) is 0 Å². The van der Waals surface area contributed by atoms with Crippen LogP contribution in [0.1, 0.15) is 16.1 Å². The average Bonchev–Trinajstić information content (AvgIpc) is 2.80. The van der Waals surface area contributed by atoms with E-state index in [4.69, 9.17) is 0 Å². The van der Waals surface area contributed by atoms with Crippen LogP contribution < -0.4 is 0 Å². The molecular weight excluding hydrogens is 327 g/mol. The first-order valence-corrected chi connectivity index (χ1v) is 7.86. The van der Waals surface area contributed by atoms with E-state index < -0.39 is 20.9 Å². The van der Waals surface area contributed by atoms with Gasteiger partial charge in [0.15, 0.2) is 0 Å². The van der Waals surface area contributed by atoms with Crippen LogP contribution in [0.5, 0.6) is 0 Å². The molecule has 0 saturated heterocycles. The van der Waals surface area contributed by atoms with E-state index in [2.05, 4.69) is 5.10 Å². The summed E-state index contributed by atoms with van der Waals surface area (Å²) in [6.45, 7) is 0. The first-order valence-electron chi connectivity index (χ1n) is 5.91. The number of rotatable bonds is 4. The van der Waals surface area contributed by atoms with Crippen LogP contribution in [0.4, 0.5) is 19.4 Å². The van der Waals surface area contributed by atoms with Crippen molar-refractivity contribution in [2.75, 3.05) is 0 Å². The summed E-state index contributed by atoms with van der Waals surface area (Å²) in [6, 6.07) is 4.09. The van der Waals surface area contributed by atoms with Gasteiger partial charge < -0.3 is 0 Å². The third kappa shape index (κ3) is 3.94. The van der Waals surface area contributed by atoms with Crippen molar-refractivity contribution in [3.63, 3.8) is 0 Å². The highest BCUT2D eigenvalue weighted by Crippen LogP contribution is 3.02. The van der Waals surface area contributed by atoms with Crippen molar-refractivity contribution in [1.82, 2.24) is 9.78 Å². The van der Waals surface area contributed by atoms with Gasteiger partial charge >= 0.3 is 10.2 Å². The molecule has 0 bridgehead atoms. The maximum atomic E-state index is 12.7. The van der Waals surface area contributed by atoms with Crippen LogP contribution in [0.2, 0.25) is 0 Å². The van der Waals surface area contributed by atoms with Gasteiger partial charge in [-0.25, -0.2) is 0 Å². The SMILES string of the molecule is Cn1ccc(C(=O)/C=C/c2cccc(S(F)(F)(F)(F)F)c2)n1. The van der Waals surface area contributed by atoms with E-state index in [1.165, 1.54) is 23.0 Å². The normalized spacial score (nSPS) is 15.5. The quantitative estimate of drug-likeness (QED) is 0.448. The van der Waals surface area contributed by atoms with E-state index in [-0.39, 0.29) is 11.3 Å². The summed E-state index contributed by atoms with van der Waals surface area (Å²) >= 11 is 0. The minimum Gasteiger partial charge on any atom is -0.287 e. The van der Waals surface area contributed by atoms with Gasteiger partial charge in [0.1, 0.15) is 10.6 Å². The average molecular weight is 338 g/mol. The molecule has 0 N–H and O–H groups in total. The zero-order chi connectivity index (χ0) is 16.7. The molecule has 0 aliphatic heterocycles. The number of ketones is 1. The number of carbonyl (C=O) groups excluding carboxylic acids is 1. The number of hydrogen-bond donors (Lipinski definition) is 0. The summed E-state index contributed by atoms with van der Waals surface area (Å²) < 4.78 is 64.8. The summed E-state index contributed by atoms with van der Waals surface area (Å²) in [5.41, 5.74) is -0.0577. The van der Waals surface area contributed by atoms with Crippen LogP contribution >= 0.6 is 10.2 Å². The Balaban J connectivity index is 2.29. The number of hydrogen-bond acceptors (Lipinski definition) is 2. The van der Waals surface area contributed by atoms with Crippen molar-refractivity contribution in [2.45, 2.75) is 4.90 Å². The summed E-state index contributed by atoms with van der Waals surface area (Å²) in [4.78, 5) is 9.72. The van der Waals surface area contributed by atoms with Crippen LogP contribution in [0.15, 0.2) is 47.5 Å². The number of allylic oxidation sites excluding steroid dienone is 1. The van der Waals surface area contributed by atoms with Crippen molar-refractivity contribution < 1.29 is 24.2 Å². The largest absolute Gasteiger partial charge is 0.310 e. The summed E-state index contributed by atoms with van der Waals surface area (Å²) in [6.07, 6.45) is 3.53. The molecule has 2 rings (SSSR count). The molecular formula is C13H11F5N2OS. The molecule has 120 valence electrons. The van der Waals surface area contributed by atoms with E-state index in [0.29, 0.717) is 12.1 Å². The Morgan fingerprint density at radius 1 is 1.18 bits per heavy atom. The van der Waals surface area contributed by atoms with Crippen LogP contribution in [0, 0.1) is 0 Å². The molecule has 3 nitrogen and oxygen atoms in total. The zero-order valence-electron chi connectivity index (χ0n) is 11.2. The monoisotopic (exact) mass is 338 g/mol. The first-order chi connectivity index (χ1) is 9.85. The molecule has 0 aliphatic carbocycles. The Hall–Kier alpha value is -2.16. The highest BCUT2D eigenvalue weighted by atomic mass is 32.5. The smallest absolute Gasteiger partial charge is 0.287 e. The van der Waals surface area contributed by atoms with Gasteiger partial charge in [0.2, 0.25) is 5.78 Å². The number of carbonyl (C=O) groups is 1. The highest BCUT2D eigenvalue weighted by molar-refractivity contribution is 8.45. The molecule has 1 heterocycles. The van der Waals surface area contributed by atoms with E-state index >= 15 is 0 Å². The lowest BCUT2D eigenvalue weighted by Crippen LogP contribution is -2.05. The molecule has 1 aromatic carbocycles. The van der Waals surface area contributed by atoms with Crippen molar-refractivity contribution in [3.8, 4) is 0 Å². The molecule has 0 saturated carbocycles. The number of aryl methyl sites for hydroxylation is 1. The molecule has 0 aliphatic rings. The van der Waals surface area contributed by atoms with Gasteiger partial charge in [0.25, 0.3) is 0 Å². The fourth-order valence-corrected chi connectivity index (χ4v) is 2.36. The Kier molecular flexibility index (Phi) is 3.26. The topological polar surface area (TPSA) is 34.9 Å². The van der Waals surface area contributed by atoms with Gasteiger partial charge in [-0.15, -0.1) is 0 Å². The predicted molar refractivity (Wildman–Crippen MR) is 74.4 cm³/mol. The van der Waals surface area contributed by atoms with Gasteiger partial charge in [-0.3, -0.25) is 9.48 Å². The number of benzene rings is 1. The standard InChI is InChI=1S/C13H11F5N2OS/c1-20-8-7-12(19-20)13(21)6-5-10-3-2-4-11(9-10)22(14,15,16,17)18/h2-9H,1H3/b6-5+. The second kappa shape index (κ2) is 4.42. The fourth-order valence-electron chi connectivity index (χ4n) is 1.66. The van der Waals surface area contributed by atoms with Gasteiger partial charge in [-0.2, -0.15) is 5.10 Å². The Bertz CT molecular complexity index is 764. The van der Waals surface area contributed by atoms with E-state index in [1.54, 1.807) is 7.05 Å². The third-order valence-electron chi connectivity index (χ3n) is 2.70. The van der Waals surface area contributed by atoms with E-state index in [9.17, 15) is 24.2 Å². The van der Waals surface area contributed by atoms with Crippen LogP contribution in [-0.2, 0) is 7.05 Å². The second-order valence-corrected chi connectivity index (χ2v) is 7.02. The molecule has 0 radical (unpaired) electrons. The van der Waals surface area contributed by atoms with Gasteiger partial charge in [-0.1, -0.05) is 37.6 Å². The molecule has 0 unspecified atom stereocenters. The summed E-state index contributed by atoms with van der Waals surface area (Å²) in [7, 11) is -8.13. The molecule has 0 spiro atoms. The van der Waals surface area contributed by atoms with Gasteiger partial charge in [0.05, 0.1) is 0 Å². The maximum absolute atomic E-state index is 12.7. The third-order valence-corrected chi connectivity index (χ3v) is 3.84. The molecule has 2 aromatic rings. The Morgan fingerprint density at radius 3 is 2.41 bits per heavy atom. The summed E-state index contributed by atoms with van der Waals surface area (Å²) in [5, 5.41) is 3.82. The van der Waals surface area contributed by atoms with Gasteiger partial charge in [0, 0.05) is 13.2 Å². The second-order valence-electron chi connectivity index (χ2n) is 4.61. The minimum absolute atomic E-state index is 0.0996. The molecule has 1 aromatic heterocycles. The number of aromatic nitrogens is 2. The number of halogens is 5. The van der Waals surface area contributed by atoms with Crippen molar-refractivity contribution >= 4 is 22.1 Å². The fraction of sp³-hybridized carbons (Fsp3) is 0.0769. The van der Waals surface area contributed by atoms with Crippen molar-refractivity contribution in [2.24, 2.45) is 7.05 Å². The van der Waals surface area contributed by atoms with Crippen LogP contribution in [0.3, 0.4) is 0 Å². The molecule has 22 heavy (non-hydrogen) atoms. The maximum Gasteiger partial charge on any atom is 0.310 e. The van der Waals surface area contributed by atoms with E-state index in [1.807, 2.05) is 0 Å². The Labute approximate surface area is 122 Å². The lowest BCUT2D eigenvalue weighted by molar-refractivity contribution is 0.104. The molecule has 0 amide bonds. The van der Waals surface area contributed by atoms with E-state index in [0.717, 1.165) is 18.2 Å². The first kappa shape index (κ1) is 16.2. The zero-order valence-corrected chi connectivity index (χ0v) is 12.0. The molecule has 0 atom stereocenters. The Morgan fingerprint density at radius 2 is 1.86 bits per heavy atom. The lowest BCUT2D eigenvalue weighted by Gasteiger charge is -2.40. The minimum atomic E-state index is -9.72. The molecule has 9 heteroatoms. The molecule has 0 fully saturated rings. The highest BCUT2D eigenvalue weighted by Gasteiger charge is 2.65. The van der Waals surface area contributed by atoms with Crippen molar-refractivity contribution in [3.05, 3.63) is 53.9 Å². The van der Waals surface area contributed by atoms with Crippen LogP contribution in [-0.4, -0.2) is 15.6 Å². The summed E-state index contributed by atoms with van der Waals surface area (Å²) in [5.74, 6) is -0.543. The lowest BCUT2D eigenvalue weighted by atomic mass is 10.2.